The van der Waals surface area contributed by atoms with Gasteiger partial charge in [0.2, 0.25) is 0 Å². The predicted octanol–water partition coefficient (Wildman–Crippen LogP) is 3.72. The molecule has 2 unspecified atom stereocenters. The summed E-state index contributed by atoms with van der Waals surface area (Å²) in [6.07, 6.45) is 19.2. The summed E-state index contributed by atoms with van der Waals surface area (Å²) in [5, 5.41) is 9.26. The Bertz CT molecular complexity index is 429. The largest absolute Gasteiger partial charge is 1.00 e. The molecular weight excluding hydrogens is 411 g/mol. The Hall–Kier alpha value is 1.51. The van der Waals surface area contributed by atoms with Crippen molar-refractivity contribution in [1.82, 2.24) is 0 Å². The van der Waals surface area contributed by atoms with Crippen molar-refractivity contribution in [2.45, 2.75) is 147 Å². The van der Waals surface area contributed by atoms with Gasteiger partial charge in [-0.1, -0.05) is 117 Å². The fraction of sp³-hybridized carbons (Fsp3) is 1.00. The minimum Gasteiger partial charge on any atom is -0.748 e. The Morgan fingerprint density at radius 2 is 1.00 bits per heavy atom. The molecule has 0 radical (unpaired) electrons. The molecule has 0 bridgehead atoms. The molecule has 0 aliphatic carbocycles. The molecule has 170 valence electrons. The fourth-order valence-electron chi connectivity index (χ4n) is 3.82. The molecule has 0 aromatic carbocycles. The minimum absolute atomic E-state index is 0. The first-order valence-electron chi connectivity index (χ1n) is 12.0. The summed E-state index contributed by atoms with van der Waals surface area (Å²) in [4.78, 5) is 0. The summed E-state index contributed by atoms with van der Waals surface area (Å²) in [6.45, 7) is 4.40. The van der Waals surface area contributed by atoms with Gasteiger partial charge in [0, 0.05) is 0 Å². The second-order valence-electron chi connectivity index (χ2n) is 8.53. The summed E-state index contributed by atoms with van der Waals surface area (Å²) < 4.78 is 34.5. The molecule has 1 N–H and O–H groups in total. The monoisotopic (exact) mass is 458 g/mol. The number of hydrogen-bond donors (Lipinski definition) is 1. The summed E-state index contributed by atoms with van der Waals surface area (Å²) in [5.74, 6) is 0. The van der Waals surface area contributed by atoms with Crippen molar-refractivity contribution in [3.8, 4) is 0 Å². The third-order valence-electron chi connectivity index (χ3n) is 5.71. The van der Waals surface area contributed by atoms with Gasteiger partial charge in [0.15, 0.2) is 0 Å². The van der Waals surface area contributed by atoms with Gasteiger partial charge in [-0.15, -0.1) is 0 Å². The first kappa shape index (κ1) is 32.7. The average molecular weight is 459 g/mol. The average Bonchev–Trinajstić information content (AvgIpc) is 2.64. The third-order valence-corrected chi connectivity index (χ3v) is 6.96. The van der Waals surface area contributed by atoms with Gasteiger partial charge >= 0.3 is 51.4 Å². The van der Waals surface area contributed by atoms with Crippen LogP contribution in [0.2, 0.25) is 0 Å². The van der Waals surface area contributed by atoms with Crippen molar-refractivity contribution in [1.29, 1.82) is 0 Å². The molecule has 0 fully saturated rings. The Balaban J connectivity index is 0. The van der Waals surface area contributed by atoms with E-state index in [9.17, 15) is 18.1 Å². The van der Waals surface area contributed by atoms with Gasteiger partial charge in [-0.2, -0.15) is 0 Å². The van der Waals surface area contributed by atoms with Crippen molar-refractivity contribution >= 4 is 10.1 Å². The van der Waals surface area contributed by atoms with E-state index in [0.717, 1.165) is 32.1 Å². The summed E-state index contributed by atoms with van der Waals surface area (Å²) in [5.41, 5.74) is 0. The van der Waals surface area contributed by atoms with Gasteiger partial charge in [0.1, 0.15) is 0 Å². The smallest absolute Gasteiger partial charge is 0.748 e. The van der Waals surface area contributed by atoms with Gasteiger partial charge in [0.25, 0.3) is 0 Å². The zero-order chi connectivity index (χ0) is 21.1. The number of aliphatic hydroxyl groups is 1. The van der Waals surface area contributed by atoms with Crippen LogP contribution in [0.15, 0.2) is 0 Å². The molecule has 6 heteroatoms. The van der Waals surface area contributed by atoms with Crippen LogP contribution in [0.3, 0.4) is 0 Å². The van der Waals surface area contributed by atoms with Gasteiger partial charge in [-0.3, -0.25) is 0 Å². The van der Waals surface area contributed by atoms with Crippen molar-refractivity contribution in [2.75, 3.05) is 0 Å². The molecule has 0 heterocycles. The van der Waals surface area contributed by atoms with Crippen LogP contribution in [0.5, 0.6) is 0 Å². The number of rotatable bonds is 21. The van der Waals surface area contributed by atoms with E-state index in [1.54, 1.807) is 0 Å². The van der Waals surface area contributed by atoms with Gasteiger partial charge in [-0.05, 0) is 19.3 Å². The van der Waals surface area contributed by atoms with Crippen molar-refractivity contribution in [2.24, 2.45) is 0 Å². The first-order chi connectivity index (χ1) is 13.4. The van der Waals surface area contributed by atoms with E-state index in [2.05, 4.69) is 13.8 Å². The van der Waals surface area contributed by atoms with E-state index < -0.39 is 21.5 Å². The Morgan fingerprint density at radius 1 is 0.655 bits per heavy atom. The Kier molecular flexibility index (Phi) is 25.6. The molecule has 0 aliphatic heterocycles. The summed E-state index contributed by atoms with van der Waals surface area (Å²) >= 11 is 0. The maximum Gasteiger partial charge on any atom is 1.00 e. The van der Waals surface area contributed by atoms with Crippen LogP contribution in [0.1, 0.15) is 136 Å². The van der Waals surface area contributed by atoms with Gasteiger partial charge in [0.05, 0.1) is 21.5 Å². The first-order valence-corrected chi connectivity index (χ1v) is 13.5. The predicted molar refractivity (Wildman–Crippen MR) is 119 cm³/mol. The Morgan fingerprint density at radius 3 is 1.38 bits per heavy atom. The molecule has 4 nitrogen and oxygen atoms in total. The summed E-state index contributed by atoms with van der Waals surface area (Å²) in [6, 6.07) is 0. The van der Waals surface area contributed by atoms with Crippen molar-refractivity contribution < 1.29 is 69.5 Å². The fourth-order valence-corrected chi connectivity index (χ4v) is 4.73. The zero-order valence-electron chi connectivity index (χ0n) is 19.7. The maximum absolute atomic E-state index is 11.5. The molecule has 0 amide bonds. The standard InChI is InChI=1S/C23H48O4S.K/c1-3-5-7-9-11-12-13-14-15-17-19-22(24)21-23(28(25,26)27)20-18-16-10-8-6-4-2;/h22-24H,3-21H2,1-2H3,(H,25,26,27);/q;+1/p-1. The SMILES string of the molecule is CCCCCCCCCCCCC(O)CC(CCCCCCCC)S(=O)(=O)[O-].[K+]. The normalized spacial score (nSPS) is 13.8. The molecule has 0 aromatic rings. The third kappa shape index (κ3) is 22.5. The molecule has 0 saturated heterocycles. The molecule has 0 rings (SSSR count). The van der Waals surface area contributed by atoms with Gasteiger partial charge < -0.3 is 9.66 Å². The molecule has 0 saturated carbocycles. The quantitative estimate of drug-likeness (QED) is 0.162. The topological polar surface area (TPSA) is 77.4 Å². The van der Waals surface area contributed by atoms with Crippen LogP contribution in [-0.4, -0.2) is 29.4 Å². The second kappa shape index (κ2) is 22.7. The summed E-state index contributed by atoms with van der Waals surface area (Å²) in [7, 11) is -4.32. The van der Waals surface area contributed by atoms with Crippen LogP contribution >= 0.6 is 0 Å². The van der Waals surface area contributed by atoms with Crippen LogP contribution in [0.4, 0.5) is 0 Å². The van der Waals surface area contributed by atoms with Crippen molar-refractivity contribution in [3.63, 3.8) is 0 Å². The van der Waals surface area contributed by atoms with E-state index in [1.807, 2.05) is 0 Å². The van der Waals surface area contributed by atoms with E-state index in [1.165, 1.54) is 70.6 Å². The maximum atomic E-state index is 11.5. The number of hydrogen-bond acceptors (Lipinski definition) is 4. The molecule has 29 heavy (non-hydrogen) atoms. The molecular formula is C23H47KO4S. The van der Waals surface area contributed by atoms with Crippen LogP contribution in [-0.2, 0) is 10.1 Å². The van der Waals surface area contributed by atoms with E-state index in [-0.39, 0.29) is 57.8 Å². The zero-order valence-corrected chi connectivity index (χ0v) is 23.6. The van der Waals surface area contributed by atoms with E-state index >= 15 is 0 Å². The van der Waals surface area contributed by atoms with Crippen molar-refractivity contribution in [3.05, 3.63) is 0 Å². The molecule has 0 aromatic heterocycles. The Labute approximate surface area is 224 Å². The number of unbranched alkanes of at least 4 members (excludes halogenated alkanes) is 14. The van der Waals surface area contributed by atoms with Crippen LogP contribution in [0.25, 0.3) is 0 Å². The van der Waals surface area contributed by atoms with E-state index in [0.29, 0.717) is 12.8 Å². The molecule has 2 atom stereocenters. The molecule has 0 aliphatic rings. The van der Waals surface area contributed by atoms with Gasteiger partial charge in [-0.25, -0.2) is 8.42 Å². The molecule has 0 spiro atoms. The van der Waals surface area contributed by atoms with E-state index in [4.69, 9.17) is 0 Å². The second-order valence-corrected chi connectivity index (χ2v) is 10.2. The minimum atomic E-state index is -4.32. The number of aliphatic hydroxyl groups excluding tert-OH is 1. The van der Waals surface area contributed by atoms with Crippen LogP contribution < -0.4 is 51.4 Å². The van der Waals surface area contributed by atoms with Crippen LogP contribution in [0, 0.1) is 0 Å².